The van der Waals surface area contributed by atoms with Crippen LogP contribution in [-0.4, -0.2) is 13.4 Å². The first-order chi connectivity index (χ1) is 8.47. The number of benzene rings is 1. The van der Waals surface area contributed by atoms with E-state index >= 15 is 0 Å². The number of rotatable bonds is 3. The fourth-order valence-corrected chi connectivity index (χ4v) is 2.36. The van der Waals surface area contributed by atoms with Crippen LogP contribution >= 0.6 is 0 Å². The molecule has 0 amide bonds. The van der Waals surface area contributed by atoms with Crippen molar-refractivity contribution in [1.29, 1.82) is 0 Å². The summed E-state index contributed by atoms with van der Waals surface area (Å²) in [7, 11) is -3.79. The highest BCUT2D eigenvalue weighted by atomic mass is 32.2. The van der Waals surface area contributed by atoms with Crippen LogP contribution in [0.15, 0.2) is 47.6 Å². The quantitative estimate of drug-likeness (QED) is 0.798. The van der Waals surface area contributed by atoms with Gasteiger partial charge in [0.1, 0.15) is 4.90 Å². The van der Waals surface area contributed by atoms with Crippen molar-refractivity contribution in [2.24, 2.45) is 0 Å². The molecular weight excluding hydrogens is 250 g/mol. The summed E-state index contributed by atoms with van der Waals surface area (Å²) in [6, 6.07) is 8.12. The molecule has 1 aromatic carbocycles. The minimum Gasteiger partial charge on any atom is -0.377 e. The third-order valence-corrected chi connectivity index (χ3v) is 3.63. The lowest BCUT2D eigenvalue weighted by Gasteiger charge is -2.07. The van der Waals surface area contributed by atoms with Gasteiger partial charge in [-0.05, 0) is 37.6 Å². The third-order valence-electron chi connectivity index (χ3n) is 2.37. The topological polar surface area (TPSA) is 56.3 Å². The Labute approximate surface area is 106 Å². The third kappa shape index (κ3) is 2.87. The largest absolute Gasteiger partial charge is 0.377 e. The predicted octanol–water partition coefficient (Wildman–Crippen LogP) is 2.47. The van der Waals surface area contributed by atoms with Crippen LogP contribution in [0, 0.1) is 13.8 Å². The van der Waals surface area contributed by atoms with Gasteiger partial charge in [-0.25, -0.2) is 0 Å². The zero-order valence-corrected chi connectivity index (χ0v) is 10.9. The van der Waals surface area contributed by atoms with Crippen molar-refractivity contribution in [2.75, 3.05) is 0 Å². The van der Waals surface area contributed by atoms with Crippen LogP contribution in [-0.2, 0) is 10.1 Å². The number of nitrogens with zero attached hydrogens (tertiary/aromatic N) is 1. The number of hydrogen-bond acceptors (Lipinski definition) is 4. The molecule has 0 aliphatic carbocycles. The van der Waals surface area contributed by atoms with E-state index < -0.39 is 10.1 Å². The Morgan fingerprint density at radius 3 is 2.28 bits per heavy atom. The Kier molecular flexibility index (Phi) is 3.34. The second kappa shape index (κ2) is 4.78. The molecule has 0 atom stereocenters. The Hall–Kier alpha value is -1.88. The fraction of sp³-hybridized carbons (Fsp3) is 0.154. The van der Waals surface area contributed by atoms with E-state index in [1.165, 1.54) is 18.3 Å². The molecule has 2 aromatic rings. The number of pyridine rings is 1. The van der Waals surface area contributed by atoms with Gasteiger partial charge in [0.05, 0.1) is 6.20 Å². The highest BCUT2D eigenvalue weighted by Crippen LogP contribution is 2.18. The average molecular weight is 263 g/mol. The van der Waals surface area contributed by atoms with E-state index in [2.05, 4.69) is 4.98 Å². The van der Waals surface area contributed by atoms with Crippen LogP contribution in [0.2, 0.25) is 0 Å². The van der Waals surface area contributed by atoms with E-state index in [4.69, 9.17) is 4.18 Å². The van der Waals surface area contributed by atoms with E-state index in [-0.39, 0.29) is 10.6 Å². The lowest BCUT2D eigenvalue weighted by molar-refractivity contribution is 0.484. The van der Waals surface area contributed by atoms with Crippen LogP contribution in [0.1, 0.15) is 11.1 Å². The summed E-state index contributed by atoms with van der Waals surface area (Å²) in [4.78, 5) is 4.02. The summed E-state index contributed by atoms with van der Waals surface area (Å²) >= 11 is 0. The van der Waals surface area contributed by atoms with Gasteiger partial charge in [-0.3, -0.25) is 4.98 Å². The molecule has 0 aliphatic rings. The predicted molar refractivity (Wildman–Crippen MR) is 68.0 cm³/mol. The van der Waals surface area contributed by atoms with Crippen molar-refractivity contribution in [3.8, 4) is 5.75 Å². The minimum absolute atomic E-state index is 0.134. The van der Waals surface area contributed by atoms with Gasteiger partial charge in [-0.1, -0.05) is 17.7 Å². The van der Waals surface area contributed by atoms with Crippen LogP contribution in [0.3, 0.4) is 0 Å². The second-order valence-corrected chi connectivity index (χ2v) is 5.59. The van der Waals surface area contributed by atoms with E-state index in [9.17, 15) is 8.42 Å². The molecule has 0 saturated heterocycles. The monoisotopic (exact) mass is 263 g/mol. The van der Waals surface area contributed by atoms with Crippen molar-refractivity contribution in [3.63, 3.8) is 0 Å². The lowest BCUT2D eigenvalue weighted by atomic mass is 10.2. The van der Waals surface area contributed by atoms with Crippen LogP contribution in [0.25, 0.3) is 0 Å². The molecule has 0 fully saturated rings. The summed E-state index contributed by atoms with van der Waals surface area (Å²) in [6.45, 7) is 3.71. The molecule has 94 valence electrons. The maximum Gasteiger partial charge on any atom is 0.339 e. The van der Waals surface area contributed by atoms with Gasteiger partial charge < -0.3 is 4.18 Å². The molecular formula is C13H13NO3S. The lowest BCUT2D eigenvalue weighted by Crippen LogP contribution is -2.09. The summed E-state index contributed by atoms with van der Waals surface area (Å²) < 4.78 is 29.0. The Bertz CT molecular complexity index is 648. The molecule has 0 unspecified atom stereocenters. The Morgan fingerprint density at radius 2 is 1.67 bits per heavy atom. The van der Waals surface area contributed by atoms with Crippen LogP contribution in [0.4, 0.5) is 0 Å². The molecule has 0 aliphatic heterocycles. The molecule has 0 N–H and O–H groups in total. The van der Waals surface area contributed by atoms with Crippen molar-refractivity contribution in [3.05, 3.63) is 53.9 Å². The number of aryl methyl sites for hydroxylation is 2. The summed E-state index contributed by atoms with van der Waals surface area (Å²) in [5.41, 5.74) is 1.83. The van der Waals surface area contributed by atoms with E-state index in [0.29, 0.717) is 0 Å². The zero-order chi connectivity index (χ0) is 13.2. The van der Waals surface area contributed by atoms with E-state index in [1.807, 2.05) is 13.8 Å². The molecule has 5 heteroatoms. The molecule has 1 heterocycles. The molecule has 0 radical (unpaired) electrons. The SMILES string of the molecule is Cc1ccc(S(=O)(=O)Oc2cncc(C)c2)cc1. The van der Waals surface area contributed by atoms with Crippen molar-refractivity contribution in [2.45, 2.75) is 18.7 Å². The van der Waals surface area contributed by atoms with Gasteiger partial charge in [0, 0.05) is 6.20 Å². The first-order valence-electron chi connectivity index (χ1n) is 5.40. The van der Waals surface area contributed by atoms with Crippen molar-refractivity contribution >= 4 is 10.1 Å². The minimum atomic E-state index is -3.79. The van der Waals surface area contributed by atoms with Gasteiger partial charge in [-0.2, -0.15) is 8.42 Å². The van der Waals surface area contributed by atoms with Gasteiger partial charge in [0.25, 0.3) is 0 Å². The molecule has 0 bridgehead atoms. The average Bonchev–Trinajstić information content (AvgIpc) is 2.29. The zero-order valence-electron chi connectivity index (χ0n) is 10.1. The highest BCUT2D eigenvalue weighted by Gasteiger charge is 2.16. The number of aromatic nitrogens is 1. The molecule has 18 heavy (non-hydrogen) atoms. The van der Waals surface area contributed by atoms with E-state index in [0.717, 1.165) is 11.1 Å². The normalized spacial score (nSPS) is 11.2. The van der Waals surface area contributed by atoms with Crippen molar-refractivity contribution < 1.29 is 12.6 Å². The maximum atomic E-state index is 12.0. The highest BCUT2D eigenvalue weighted by molar-refractivity contribution is 7.87. The summed E-state index contributed by atoms with van der Waals surface area (Å²) in [5, 5.41) is 0. The first-order valence-corrected chi connectivity index (χ1v) is 6.81. The smallest absolute Gasteiger partial charge is 0.339 e. The second-order valence-electron chi connectivity index (χ2n) is 4.05. The Balaban J connectivity index is 2.30. The molecule has 0 saturated carbocycles. The Morgan fingerprint density at radius 1 is 1.00 bits per heavy atom. The van der Waals surface area contributed by atoms with Gasteiger partial charge in [-0.15, -0.1) is 0 Å². The van der Waals surface area contributed by atoms with E-state index in [1.54, 1.807) is 24.4 Å². The standard InChI is InChI=1S/C13H13NO3S/c1-10-3-5-13(6-4-10)18(15,16)17-12-7-11(2)8-14-9-12/h3-9H,1-2H3. The van der Waals surface area contributed by atoms with Gasteiger partial charge in [0.15, 0.2) is 5.75 Å². The summed E-state index contributed by atoms with van der Waals surface area (Å²) in [5.74, 6) is 0.218. The summed E-state index contributed by atoms with van der Waals surface area (Å²) in [6.07, 6.45) is 3.00. The van der Waals surface area contributed by atoms with Crippen molar-refractivity contribution in [1.82, 2.24) is 4.98 Å². The molecule has 1 aromatic heterocycles. The molecule has 0 spiro atoms. The molecule has 4 nitrogen and oxygen atoms in total. The fourth-order valence-electron chi connectivity index (χ4n) is 1.45. The first kappa shape index (κ1) is 12.6. The maximum absolute atomic E-state index is 12.0. The molecule has 2 rings (SSSR count). The van der Waals surface area contributed by atoms with Crippen LogP contribution < -0.4 is 4.18 Å². The number of hydrogen-bond donors (Lipinski definition) is 0. The van der Waals surface area contributed by atoms with Crippen LogP contribution in [0.5, 0.6) is 5.75 Å². The van der Waals surface area contributed by atoms with Gasteiger partial charge >= 0.3 is 10.1 Å². The van der Waals surface area contributed by atoms with Gasteiger partial charge in [0.2, 0.25) is 0 Å².